The number of fused-ring (bicyclic) bond motifs is 1. The van der Waals surface area contributed by atoms with Gasteiger partial charge in [0.2, 0.25) is 0 Å². The topological polar surface area (TPSA) is 54.1 Å². The summed E-state index contributed by atoms with van der Waals surface area (Å²) in [6, 6.07) is 9.98. The van der Waals surface area contributed by atoms with E-state index in [0.29, 0.717) is 5.69 Å². The number of halogens is 1. The summed E-state index contributed by atoms with van der Waals surface area (Å²) in [5.74, 6) is -0.319. The zero-order valence-corrected chi connectivity index (χ0v) is 12.5. The van der Waals surface area contributed by atoms with E-state index in [1.165, 1.54) is 18.2 Å². The number of carbonyl (C=O) groups is 1. The second kappa shape index (κ2) is 5.92. The summed E-state index contributed by atoms with van der Waals surface area (Å²) < 4.78 is 4.75. The Morgan fingerprint density at radius 2 is 2.19 bits per heavy atom. The zero-order valence-electron chi connectivity index (χ0n) is 11.8. The molecule has 4 nitrogen and oxygen atoms in total. The molecule has 1 aliphatic carbocycles. The number of rotatable bonds is 4. The lowest BCUT2D eigenvalue weighted by Crippen LogP contribution is -2.18. The van der Waals surface area contributed by atoms with Crippen molar-refractivity contribution in [3.63, 3.8) is 0 Å². The minimum atomic E-state index is -0.319. The van der Waals surface area contributed by atoms with Gasteiger partial charge in [-0.3, -0.25) is 0 Å². The summed E-state index contributed by atoms with van der Waals surface area (Å²) in [6.07, 6.45) is 1.99. The summed E-state index contributed by atoms with van der Waals surface area (Å²) in [4.78, 5) is 14.7. The number of aromatic nitrogens is 1. The number of aryl methyl sites for hydroxylation is 1. The molecule has 21 heavy (non-hydrogen) atoms. The number of benzene rings is 1. The standard InChI is InChI=1S/C16H17ClN2O2/c1-21-16(20)15-8-12-13(6-7-14(12)19-15)18-9-10-2-4-11(17)5-3-10/h2-5,8,13,18-19H,6-7,9H2,1H3. The fourth-order valence-electron chi connectivity index (χ4n) is 2.75. The lowest BCUT2D eigenvalue weighted by Gasteiger charge is -2.12. The second-order valence-corrected chi connectivity index (χ2v) is 5.64. The maximum absolute atomic E-state index is 11.6. The van der Waals surface area contributed by atoms with E-state index in [1.807, 2.05) is 30.3 Å². The van der Waals surface area contributed by atoms with Gasteiger partial charge in [0.05, 0.1) is 7.11 Å². The van der Waals surface area contributed by atoms with Crippen molar-refractivity contribution in [2.24, 2.45) is 0 Å². The van der Waals surface area contributed by atoms with Crippen LogP contribution >= 0.6 is 11.6 Å². The maximum atomic E-state index is 11.6. The third kappa shape index (κ3) is 2.96. The van der Waals surface area contributed by atoms with E-state index in [1.54, 1.807) is 0 Å². The van der Waals surface area contributed by atoms with Crippen LogP contribution in [-0.4, -0.2) is 18.1 Å². The Hall–Kier alpha value is -1.78. The van der Waals surface area contributed by atoms with Crippen LogP contribution in [-0.2, 0) is 17.7 Å². The SMILES string of the molecule is COC(=O)c1cc2c([nH]1)CCC2NCc1ccc(Cl)cc1. The fourth-order valence-corrected chi connectivity index (χ4v) is 2.88. The van der Waals surface area contributed by atoms with Crippen molar-refractivity contribution in [1.82, 2.24) is 10.3 Å². The monoisotopic (exact) mass is 304 g/mol. The highest BCUT2D eigenvalue weighted by atomic mass is 35.5. The van der Waals surface area contributed by atoms with Crippen LogP contribution in [0.5, 0.6) is 0 Å². The van der Waals surface area contributed by atoms with Gasteiger partial charge in [-0.2, -0.15) is 0 Å². The van der Waals surface area contributed by atoms with E-state index in [9.17, 15) is 4.79 Å². The lowest BCUT2D eigenvalue weighted by atomic mass is 10.1. The maximum Gasteiger partial charge on any atom is 0.354 e. The first-order valence-electron chi connectivity index (χ1n) is 6.95. The Kier molecular flexibility index (Phi) is 3.99. The fraction of sp³-hybridized carbons (Fsp3) is 0.312. The van der Waals surface area contributed by atoms with Gasteiger partial charge in [-0.1, -0.05) is 23.7 Å². The molecule has 3 rings (SSSR count). The van der Waals surface area contributed by atoms with Gasteiger partial charge in [0.25, 0.3) is 0 Å². The summed E-state index contributed by atoms with van der Waals surface area (Å²) in [5.41, 5.74) is 4.02. The molecule has 2 N–H and O–H groups in total. The number of hydrogen-bond donors (Lipinski definition) is 2. The highest BCUT2D eigenvalue weighted by Crippen LogP contribution is 2.32. The van der Waals surface area contributed by atoms with Crippen LogP contribution in [0.2, 0.25) is 5.02 Å². The number of nitrogens with one attached hydrogen (secondary N) is 2. The predicted octanol–water partition coefficient (Wildman–Crippen LogP) is 3.23. The normalized spacial score (nSPS) is 16.8. The van der Waals surface area contributed by atoms with Crippen molar-refractivity contribution < 1.29 is 9.53 Å². The molecule has 0 saturated heterocycles. The van der Waals surface area contributed by atoms with Gasteiger partial charge in [-0.05, 0) is 42.2 Å². The minimum Gasteiger partial charge on any atom is -0.464 e. The van der Waals surface area contributed by atoms with E-state index in [4.69, 9.17) is 16.3 Å². The van der Waals surface area contributed by atoms with Gasteiger partial charge in [0.15, 0.2) is 0 Å². The number of esters is 1. The minimum absolute atomic E-state index is 0.269. The van der Waals surface area contributed by atoms with Crippen LogP contribution in [0.4, 0.5) is 0 Å². The Morgan fingerprint density at radius 1 is 1.43 bits per heavy atom. The lowest BCUT2D eigenvalue weighted by molar-refractivity contribution is 0.0594. The third-order valence-corrected chi connectivity index (χ3v) is 4.12. The van der Waals surface area contributed by atoms with E-state index < -0.39 is 0 Å². The summed E-state index contributed by atoms with van der Waals surface area (Å²) >= 11 is 5.88. The molecule has 1 heterocycles. The number of hydrogen-bond acceptors (Lipinski definition) is 3. The van der Waals surface area contributed by atoms with E-state index in [2.05, 4.69) is 10.3 Å². The van der Waals surface area contributed by atoms with Crippen LogP contribution in [0.1, 0.15) is 39.8 Å². The van der Waals surface area contributed by atoms with E-state index in [-0.39, 0.29) is 12.0 Å². The Morgan fingerprint density at radius 3 is 2.90 bits per heavy atom. The van der Waals surface area contributed by atoms with E-state index in [0.717, 1.165) is 30.1 Å². The second-order valence-electron chi connectivity index (χ2n) is 5.21. The number of carbonyl (C=O) groups excluding carboxylic acids is 1. The van der Waals surface area contributed by atoms with Crippen LogP contribution in [0.15, 0.2) is 30.3 Å². The van der Waals surface area contributed by atoms with Crippen LogP contribution in [0.3, 0.4) is 0 Å². The average molecular weight is 305 g/mol. The molecule has 1 aromatic heterocycles. The first-order valence-corrected chi connectivity index (χ1v) is 7.33. The summed E-state index contributed by atoms with van der Waals surface area (Å²) in [7, 11) is 1.39. The van der Waals surface area contributed by atoms with Gasteiger partial charge in [0, 0.05) is 23.3 Å². The van der Waals surface area contributed by atoms with Gasteiger partial charge >= 0.3 is 5.97 Å². The van der Waals surface area contributed by atoms with Crippen molar-refractivity contribution in [3.05, 3.63) is 57.9 Å². The molecule has 1 atom stereocenters. The Bertz CT molecular complexity index is 649. The Labute approximate surface area is 128 Å². The summed E-state index contributed by atoms with van der Waals surface area (Å²) in [6.45, 7) is 0.778. The molecule has 110 valence electrons. The van der Waals surface area contributed by atoms with Crippen molar-refractivity contribution in [3.8, 4) is 0 Å². The van der Waals surface area contributed by atoms with Crippen molar-refractivity contribution in [2.75, 3.05) is 7.11 Å². The van der Waals surface area contributed by atoms with Gasteiger partial charge in [0.1, 0.15) is 5.69 Å². The van der Waals surface area contributed by atoms with Gasteiger partial charge in [-0.25, -0.2) is 4.79 Å². The van der Waals surface area contributed by atoms with Crippen molar-refractivity contribution in [1.29, 1.82) is 0 Å². The van der Waals surface area contributed by atoms with Crippen LogP contribution < -0.4 is 5.32 Å². The molecule has 1 unspecified atom stereocenters. The first-order chi connectivity index (χ1) is 10.2. The average Bonchev–Trinajstić information content (AvgIpc) is 3.07. The quantitative estimate of drug-likeness (QED) is 0.853. The smallest absolute Gasteiger partial charge is 0.354 e. The molecular formula is C16H17ClN2O2. The molecule has 1 aromatic carbocycles. The zero-order chi connectivity index (χ0) is 14.8. The van der Waals surface area contributed by atoms with E-state index >= 15 is 0 Å². The molecule has 0 bridgehead atoms. The highest BCUT2D eigenvalue weighted by Gasteiger charge is 2.26. The number of aromatic amines is 1. The Balaban J connectivity index is 1.68. The summed E-state index contributed by atoms with van der Waals surface area (Å²) in [5, 5.41) is 4.27. The molecule has 0 amide bonds. The van der Waals surface area contributed by atoms with Gasteiger partial charge < -0.3 is 15.0 Å². The number of ether oxygens (including phenoxy) is 1. The first kappa shape index (κ1) is 14.2. The number of methoxy groups -OCH3 is 1. The van der Waals surface area contributed by atoms with Crippen LogP contribution in [0.25, 0.3) is 0 Å². The third-order valence-electron chi connectivity index (χ3n) is 3.86. The molecule has 0 aliphatic heterocycles. The molecule has 0 spiro atoms. The van der Waals surface area contributed by atoms with Gasteiger partial charge in [-0.15, -0.1) is 0 Å². The molecule has 1 aliphatic rings. The predicted molar refractivity (Wildman–Crippen MR) is 81.5 cm³/mol. The molecule has 5 heteroatoms. The van der Waals surface area contributed by atoms with Crippen molar-refractivity contribution in [2.45, 2.75) is 25.4 Å². The molecule has 2 aromatic rings. The largest absolute Gasteiger partial charge is 0.464 e. The molecular weight excluding hydrogens is 288 g/mol. The van der Waals surface area contributed by atoms with Crippen molar-refractivity contribution >= 4 is 17.6 Å². The number of H-pyrrole nitrogens is 1. The molecule has 0 radical (unpaired) electrons. The van der Waals surface area contributed by atoms with Crippen LogP contribution in [0, 0.1) is 0 Å². The highest BCUT2D eigenvalue weighted by molar-refractivity contribution is 6.30. The molecule has 0 saturated carbocycles. The molecule has 0 fully saturated rings.